The van der Waals surface area contributed by atoms with E-state index < -0.39 is 0 Å². The van der Waals surface area contributed by atoms with Crippen molar-refractivity contribution >= 4 is 40.0 Å². The average molecular weight is 425 g/mol. The van der Waals surface area contributed by atoms with E-state index in [0.717, 1.165) is 10.1 Å². The van der Waals surface area contributed by atoms with Crippen LogP contribution in [0, 0.1) is 11.7 Å². The molecule has 28 heavy (non-hydrogen) atoms. The molecule has 1 fully saturated rings. The van der Waals surface area contributed by atoms with Crippen LogP contribution in [0.15, 0.2) is 28.6 Å². The van der Waals surface area contributed by atoms with Crippen molar-refractivity contribution in [1.82, 2.24) is 15.1 Å². The number of anilines is 1. The molecule has 0 spiro atoms. The summed E-state index contributed by atoms with van der Waals surface area (Å²) in [6.07, 6.45) is 1.15. The summed E-state index contributed by atoms with van der Waals surface area (Å²) in [6, 6.07) is 5.51. The summed E-state index contributed by atoms with van der Waals surface area (Å²) in [4.78, 5) is 26.6. The molecule has 1 aliphatic heterocycles. The number of aromatic nitrogens is 2. The number of thioether (sulfide) groups is 1. The van der Waals surface area contributed by atoms with E-state index >= 15 is 0 Å². The fourth-order valence-electron chi connectivity index (χ4n) is 2.86. The van der Waals surface area contributed by atoms with Crippen LogP contribution >= 0.6 is 23.1 Å². The number of piperidine rings is 1. The highest BCUT2D eigenvalue weighted by molar-refractivity contribution is 8.01. The third kappa shape index (κ3) is 5.49. The lowest BCUT2D eigenvalue weighted by Crippen LogP contribution is -2.41. The number of ether oxygens (including phenoxy) is 1. The Morgan fingerprint density at radius 3 is 2.68 bits per heavy atom. The van der Waals surface area contributed by atoms with Gasteiger partial charge in [-0.15, -0.1) is 10.2 Å². The number of hydrogen-bond acceptors (Lipinski definition) is 7. The maximum Gasteiger partial charge on any atom is 0.253 e. The molecule has 0 saturated carbocycles. The number of hydrogen-bond donors (Lipinski definition) is 1. The first-order valence-corrected chi connectivity index (χ1v) is 10.7. The Balaban J connectivity index is 1.47. The van der Waals surface area contributed by atoms with Gasteiger partial charge in [-0.25, -0.2) is 4.39 Å². The van der Waals surface area contributed by atoms with Gasteiger partial charge in [0.2, 0.25) is 11.0 Å². The Bertz CT molecular complexity index is 807. The van der Waals surface area contributed by atoms with Crippen LogP contribution in [-0.2, 0) is 9.53 Å². The van der Waals surface area contributed by atoms with Gasteiger partial charge in [0.25, 0.3) is 5.91 Å². The Morgan fingerprint density at radius 2 is 2.00 bits per heavy atom. The molecule has 1 aromatic heterocycles. The molecule has 2 aromatic rings. The summed E-state index contributed by atoms with van der Waals surface area (Å²) in [5.41, 5.74) is 0.455. The van der Waals surface area contributed by atoms with Gasteiger partial charge in [-0.3, -0.25) is 9.59 Å². The molecular formula is C18H21FN4O3S2. The number of carbonyl (C=O) groups excluding carboxylic acids is 2. The smallest absolute Gasteiger partial charge is 0.253 e. The van der Waals surface area contributed by atoms with Crippen molar-refractivity contribution in [2.75, 3.05) is 37.9 Å². The van der Waals surface area contributed by atoms with E-state index in [1.54, 1.807) is 12.0 Å². The monoisotopic (exact) mass is 424 g/mol. The third-order valence-corrected chi connectivity index (χ3v) is 6.33. The van der Waals surface area contributed by atoms with E-state index in [9.17, 15) is 14.0 Å². The van der Waals surface area contributed by atoms with E-state index in [1.807, 2.05) is 0 Å². The molecule has 0 bridgehead atoms. The van der Waals surface area contributed by atoms with Gasteiger partial charge in [0.05, 0.1) is 6.61 Å². The van der Waals surface area contributed by atoms with Crippen molar-refractivity contribution in [3.8, 4) is 0 Å². The van der Waals surface area contributed by atoms with E-state index in [2.05, 4.69) is 15.5 Å². The van der Waals surface area contributed by atoms with Gasteiger partial charge in [0, 0.05) is 37.4 Å². The van der Waals surface area contributed by atoms with Crippen LogP contribution in [0.3, 0.4) is 0 Å². The van der Waals surface area contributed by atoms with E-state index in [-0.39, 0.29) is 23.5 Å². The number of halogens is 1. The Hall–Kier alpha value is -2.04. The largest absolute Gasteiger partial charge is 0.384 e. The highest BCUT2D eigenvalue weighted by Crippen LogP contribution is 2.27. The number of rotatable bonds is 7. The molecule has 10 heteroatoms. The summed E-state index contributed by atoms with van der Waals surface area (Å²) >= 11 is 2.87. The maximum absolute atomic E-state index is 13.0. The zero-order chi connectivity index (χ0) is 19.9. The molecule has 0 aliphatic carbocycles. The summed E-state index contributed by atoms with van der Waals surface area (Å²) < 4.78 is 18.8. The molecule has 2 amide bonds. The van der Waals surface area contributed by atoms with Crippen LogP contribution in [0.4, 0.5) is 9.52 Å². The Labute approximate surface area is 170 Å². The van der Waals surface area contributed by atoms with Gasteiger partial charge in [0.15, 0.2) is 4.34 Å². The number of nitrogens with zero attached hydrogens (tertiary/aromatic N) is 3. The summed E-state index contributed by atoms with van der Waals surface area (Å²) in [5, 5.41) is 11.3. The topological polar surface area (TPSA) is 84.4 Å². The van der Waals surface area contributed by atoms with Crippen LogP contribution in [0.5, 0.6) is 0 Å². The first-order valence-electron chi connectivity index (χ1n) is 8.88. The van der Waals surface area contributed by atoms with Crippen molar-refractivity contribution in [1.29, 1.82) is 0 Å². The molecule has 0 unspecified atom stereocenters. The molecule has 0 radical (unpaired) electrons. The number of carbonyl (C=O) groups is 2. The van der Waals surface area contributed by atoms with Crippen molar-refractivity contribution in [2.24, 2.45) is 5.92 Å². The standard InChI is InChI=1S/C18H21FN4O3S2/c1-26-10-11-27-18-22-21-17(28-18)20-15(24)12-6-8-23(9-7-12)16(25)13-2-4-14(19)5-3-13/h2-5,12H,6-11H2,1H3,(H,20,21,24). The lowest BCUT2D eigenvalue weighted by Gasteiger charge is -2.31. The molecule has 1 aromatic carbocycles. The van der Waals surface area contributed by atoms with Crippen LogP contribution in [0.2, 0.25) is 0 Å². The maximum atomic E-state index is 13.0. The Morgan fingerprint density at radius 1 is 1.29 bits per heavy atom. The molecule has 1 aliphatic rings. The second-order valence-corrected chi connectivity index (χ2v) is 8.60. The van der Waals surface area contributed by atoms with Gasteiger partial charge in [-0.1, -0.05) is 23.1 Å². The van der Waals surface area contributed by atoms with Gasteiger partial charge in [-0.2, -0.15) is 0 Å². The van der Waals surface area contributed by atoms with Crippen molar-refractivity contribution in [3.05, 3.63) is 35.6 Å². The number of amides is 2. The molecule has 7 nitrogen and oxygen atoms in total. The highest BCUT2D eigenvalue weighted by Gasteiger charge is 2.28. The second-order valence-electron chi connectivity index (χ2n) is 6.28. The zero-order valence-electron chi connectivity index (χ0n) is 15.4. The lowest BCUT2D eigenvalue weighted by molar-refractivity contribution is -0.121. The molecule has 1 N–H and O–H groups in total. The predicted octanol–water partition coefficient (Wildman–Crippen LogP) is 2.91. The third-order valence-electron chi connectivity index (χ3n) is 4.39. The molecule has 150 valence electrons. The minimum absolute atomic E-state index is 0.0986. The Kier molecular flexibility index (Phi) is 7.35. The molecule has 3 rings (SSSR count). The molecule has 2 heterocycles. The van der Waals surface area contributed by atoms with Gasteiger partial charge in [-0.05, 0) is 37.1 Å². The van der Waals surface area contributed by atoms with E-state index in [1.165, 1.54) is 47.4 Å². The lowest BCUT2D eigenvalue weighted by atomic mass is 9.95. The van der Waals surface area contributed by atoms with Gasteiger partial charge >= 0.3 is 0 Å². The van der Waals surface area contributed by atoms with Crippen LogP contribution in [0.1, 0.15) is 23.2 Å². The number of nitrogens with one attached hydrogen (secondary N) is 1. The SMILES string of the molecule is COCCSc1nnc(NC(=O)C2CCN(C(=O)c3ccc(F)cc3)CC2)s1. The highest BCUT2D eigenvalue weighted by atomic mass is 32.2. The number of likely N-dealkylation sites (tertiary alicyclic amines) is 1. The van der Waals surface area contributed by atoms with Crippen molar-refractivity contribution in [3.63, 3.8) is 0 Å². The van der Waals surface area contributed by atoms with E-state index in [0.29, 0.717) is 43.2 Å². The average Bonchev–Trinajstić information content (AvgIpc) is 3.15. The van der Waals surface area contributed by atoms with Crippen molar-refractivity contribution in [2.45, 2.75) is 17.2 Å². The predicted molar refractivity (Wildman–Crippen MR) is 106 cm³/mol. The summed E-state index contributed by atoms with van der Waals surface area (Å²) in [5.74, 6) is -0.00611. The normalized spacial score (nSPS) is 14.9. The number of methoxy groups -OCH3 is 1. The van der Waals surface area contributed by atoms with Gasteiger partial charge in [0.1, 0.15) is 5.82 Å². The van der Waals surface area contributed by atoms with Crippen LogP contribution in [-0.4, -0.2) is 59.5 Å². The molecule has 1 saturated heterocycles. The first-order chi connectivity index (χ1) is 13.6. The van der Waals surface area contributed by atoms with Crippen LogP contribution < -0.4 is 5.32 Å². The quantitative estimate of drug-likeness (QED) is 0.418. The first kappa shape index (κ1) is 20.7. The second kappa shape index (κ2) is 9.94. The van der Waals surface area contributed by atoms with Crippen LogP contribution in [0.25, 0.3) is 0 Å². The van der Waals surface area contributed by atoms with Gasteiger partial charge < -0.3 is 15.0 Å². The minimum atomic E-state index is -0.371. The minimum Gasteiger partial charge on any atom is -0.384 e. The zero-order valence-corrected chi connectivity index (χ0v) is 17.0. The summed E-state index contributed by atoms with van der Waals surface area (Å²) in [7, 11) is 1.64. The molecular weight excluding hydrogens is 403 g/mol. The van der Waals surface area contributed by atoms with E-state index in [4.69, 9.17) is 4.74 Å². The van der Waals surface area contributed by atoms with Crippen molar-refractivity contribution < 1.29 is 18.7 Å². The molecule has 0 atom stereocenters. The fourth-order valence-corrected chi connectivity index (χ4v) is 4.58. The fraction of sp³-hybridized carbons (Fsp3) is 0.444. The summed E-state index contributed by atoms with van der Waals surface area (Å²) in [6.45, 7) is 1.60. The number of benzene rings is 1.